The van der Waals surface area contributed by atoms with Crippen LogP contribution in [-0.4, -0.2) is 6.18 Å². The second kappa shape index (κ2) is 8.84. The molecule has 0 spiro atoms. The summed E-state index contributed by atoms with van der Waals surface area (Å²) in [6.07, 6.45) is 1.65. The highest BCUT2D eigenvalue weighted by molar-refractivity contribution is 5.88. The van der Waals surface area contributed by atoms with E-state index in [1.165, 1.54) is 25.0 Å². The summed E-state index contributed by atoms with van der Waals surface area (Å²) >= 11 is 0. The Labute approximate surface area is 183 Å². The van der Waals surface area contributed by atoms with Gasteiger partial charge in [-0.05, 0) is 72.1 Å². The maximum absolute atomic E-state index is 15.1. The van der Waals surface area contributed by atoms with Crippen LogP contribution < -0.4 is 0 Å². The number of benzene rings is 2. The molecule has 0 radical (unpaired) electrons. The van der Waals surface area contributed by atoms with Gasteiger partial charge in [0.1, 0.15) is 17.5 Å². The SMILES string of the molecule is CC1CCC(C2CCC(c3ccc4c(F)c(C#CC(F)(F)F)c(F)cc4c3)=C(F)C2)CC1. The van der Waals surface area contributed by atoms with Gasteiger partial charge in [-0.25, -0.2) is 13.2 Å². The van der Waals surface area contributed by atoms with Crippen LogP contribution in [0.25, 0.3) is 16.3 Å². The molecule has 0 amide bonds. The van der Waals surface area contributed by atoms with Crippen molar-refractivity contribution in [1.29, 1.82) is 0 Å². The monoisotopic (exact) mass is 450 g/mol. The fourth-order valence-corrected chi connectivity index (χ4v) is 5.15. The van der Waals surface area contributed by atoms with Gasteiger partial charge in [0.2, 0.25) is 0 Å². The minimum atomic E-state index is -4.85. The Morgan fingerprint density at radius 2 is 1.62 bits per heavy atom. The third-order valence-electron chi connectivity index (χ3n) is 6.97. The van der Waals surface area contributed by atoms with Gasteiger partial charge >= 0.3 is 6.18 Å². The first-order valence-electron chi connectivity index (χ1n) is 11.0. The van der Waals surface area contributed by atoms with Gasteiger partial charge in [-0.15, -0.1) is 0 Å². The number of allylic oxidation sites excluding steroid dienone is 2. The molecule has 0 bridgehead atoms. The topological polar surface area (TPSA) is 0 Å². The van der Waals surface area contributed by atoms with Crippen LogP contribution in [0.15, 0.2) is 30.1 Å². The second-order valence-corrected chi connectivity index (χ2v) is 9.14. The Hall–Kier alpha value is -2.42. The first kappa shape index (κ1) is 22.8. The molecule has 170 valence electrons. The van der Waals surface area contributed by atoms with E-state index in [1.807, 2.05) is 0 Å². The van der Waals surface area contributed by atoms with E-state index in [9.17, 15) is 22.0 Å². The summed E-state index contributed by atoms with van der Waals surface area (Å²) in [6.45, 7) is 2.26. The number of hydrogen-bond acceptors (Lipinski definition) is 0. The van der Waals surface area contributed by atoms with Gasteiger partial charge < -0.3 is 0 Å². The molecule has 2 aliphatic carbocycles. The number of halogens is 6. The van der Waals surface area contributed by atoms with Crippen molar-refractivity contribution in [3.8, 4) is 11.8 Å². The molecule has 1 saturated carbocycles. The van der Waals surface area contributed by atoms with Crippen molar-refractivity contribution in [3.05, 3.63) is 52.9 Å². The summed E-state index contributed by atoms with van der Waals surface area (Å²) in [5, 5.41) is 0.117. The molecule has 0 aromatic heterocycles. The number of rotatable bonds is 2. The highest BCUT2D eigenvalue weighted by Gasteiger charge is 2.31. The third-order valence-corrected chi connectivity index (χ3v) is 6.97. The van der Waals surface area contributed by atoms with E-state index in [0.29, 0.717) is 35.8 Å². The molecule has 0 aliphatic heterocycles. The summed E-state index contributed by atoms with van der Waals surface area (Å²) in [6, 6.07) is 5.35. The zero-order valence-electron chi connectivity index (χ0n) is 17.8. The van der Waals surface area contributed by atoms with Crippen LogP contribution in [0.4, 0.5) is 26.3 Å². The van der Waals surface area contributed by atoms with Crippen molar-refractivity contribution in [2.24, 2.45) is 17.8 Å². The first-order valence-corrected chi connectivity index (χ1v) is 11.0. The smallest absolute Gasteiger partial charge is 0.211 e. The van der Waals surface area contributed by atoms with E-state index in [4.69, 9.17) is 0 Å². The predicted molar refractivity (Wildman–Crippen MR) is 113 cm³/mol. The molecule has 2 aliphatic rings. The van der Waals surface area contributed by atoms with E-state index < -0.39 is 23.4 Å². The lowest BCUT2D eigenvalue weighted by atomic mass is 9.71. The minimum absolute atomic E-state index is 0.0485. The Balaban J connectivity index is 1.61. The zero-order chi connectivity index (χ0) is 23.0. The summed E-state index contributed by atoms with van der Waals surface area (Å²) < 4.78 is 81.0. The van der Waals surface area contributed by atoms with E-state index in [2.05, 4.69) is 6.92 Å². The molecule has 32 heavy (non-hydrogen) atoms. The Kier molecular flexibility index (Phi) is 6.29. The van der Waals surface area contributed by atoms with E-state index in [1.54, 1.807) is 12.0 Å². The van der Waals surface area contributed by atoms with Gasteiger partial charge in [0, 0.05) is 17.7 Å². The van der Waals surface area contributed by atoms with Gasteiger partial charge in [-0.1, -0.05) is 37.8 Å². The van der Waals surface area contributed by atoms with Crippen LogP contribution >= 0.6 is 0 Å². The summed E-state index contributed by atoms with van der Waals surface area (Å²) in [4.78, 5) is 0. The average molecular weight is 450 g/mol. The lowest BCUT2D eigenvalue weighted by molar-refractivity contribution is -0.0696. The largest absolute Gasteiger partial charge is 0.458 e. The van der Waals surface area contributed by atoms with Gasteiger partial charge in [0.05, 0.1) is 5.56 Å². The predicted octanol–water partition coefficient (Wildman–Crippen LogP) is 8.34. The van der Waals surface area contributed by atoms with Crippen LogP contribution in [-0.2, 0) is 0 Å². The van der Waals surface area contributed by atoms with Crippen molar-refractivity contribution >= 4 is 16.3 Å². The molecular formula is C26H24F6. The fourth-order valence-electron chi connectivity index (χ4n) is 5.15. The normalized spacial score (nSPS) is 24.4. The average Bonchev–Trinajstić information content (AvgIpc) is 2.73. The lowest BCUT2D eigenvalue weighted by Crippen LogP contribution is -2.23. The molecule has 4 rings (SSSR count). The highest BCUT2D eigenvalue weighted by Crippen LogP contribution is 2.44. The van der Waals surface area contributed by atoms with Crippen LogP contribution in [0.3, 0.4) is 0 Å². The maximum Gasteiger partial charge on any atom is 0.458 e. The molecule has 0 N–H and O–H groups in total. The summed E-state index contributed by atoms with van der Waals surface area (Å²) in [5.41, 5.74) is 0.183. The summed E-state index contributed by atoms with van der Waals surface area (Å²) in [5.74, 6) is 1.57. The molecule has 2 aromatic carbocycles. The minimum Gasteiger partial charge on any atom is -0.211 e. The molecule has 0 saturated heterocycles. The van der Waals surface area contributed by atoms with Gasteiger partial charge in [0.25, 0.3) is 0 Å². The van der Waals surface area contributed by atoms with Gasteiger partial charge in [0.15, 0.2) is 0 Å². The molecule has 1 unspecified atom stereocenters. The fraction of sp³-hybridized carbons (Fsp3) is 0.462. The van der Waals surface area contributed by atoms with Gasteiger partial charge in [-0.2, -0.15) is 13.2 Å². The number of hydrogen-bond donors (Lipinski definition) is 0. The third kappa shape index (κ3) is 4.82. The van der Waals surface area contributed by atoms with Gasteiger partial charge in [-0.3, -0.25) is 0 Å². The quantitative estimate of drug-likeness (QED) is 0.319. The Bertz CT molecular complexity index is 1110. The highest BCUT2D eigenvalue weighted by atomic mass is 19.4. The molecule has 0 nitrogen and oxygen atoms in total. The molecule has 2 aromatic rings. The molecule has 6 heteroatoms. The van der Waals surface area contributed by atoms with Crippen molar-refractivity contribution in [1.82, 2.24) is 0 Å². The molecular weight excluding hydrogens is 426 g/mol. The van der Waals surface area contributed by atoms with Crippen molar-refractivity contribution in [2.75, 3.05) is 0 Å². The van der Waals surface area contributed by atoms with Crippen molar-refractivity contribution < 1.29 is 26.3 Å². The van der Waals surface area contributed by atoms with Crippen LogP contribution in [0, 0.1) is 41.2 Å². The Morgan fingerprint density at radius 1 is 0.906 bits per heavy atom. The van der Waals surface area contributed by atoms with Crippen LogP contribution in [0.5, 0.6) is 0 Å². The van der Waals surface area contributed by atoms with Crippen molar-refractivity contribution in [2.45, 2.75) is 58.0 Å². The Morgan fingerprint density at radius 3 is 2.28 bits per heavy atom. The summed E-state index contributed by atoms with van der Waals surface area (Å²) in [7, 11) is 0. The van der Waals surface area contributed by atoms with Crippen LogP contribution in [0.2, 0.25) is 0 Å². The van der Waals surface area contributed by atoms with E-state index >= 15 is 4.39 Å². The molecule has 1 fully saturated rings. The van der Waals surface area contributed by atoms with Crippen molar-refractivity contribution in [3.63, 3.8) is 0 Å². The molecule has 1 atom stereocenters. The van der Waals surface area contributed by atoms with E-state index in [-0.39, 0.29) is 16.6 Å². The second-order valence-electron chi connectivity index (χ2n) is 9.14. The standard InChI is InChI=1S/C26H24F6/c1-15-2-4-16(5-3-15)17-6-8-20(23(27)13-17)18-7-9-21-19(12-18)14-24(28)22(25(21)29)10-11-26(30,31)32/h7,9,12,14-17H,2-6,8,13H2,1H3. The lowest BCUT2D eigenvalue weighted by Gasteiger charge is -2.35. The van der Waals surface area contributed by atoms with E-state index in [0.717, 1.165) is 37.2 Å². The number of fused-ring (bicyclic) bond motifs is 1. The number of alkyl halides is 3. The maximum atomic E-state index is 15.1. The molecule has 0 heterocycles. The van der Waals surface area contributed by atoms with Crippen LogP contribution in [0.1, 0.15) is 63.0 Å². The zero-order valence-corrected chi connectivity index (χ0v) is 17.8. The first-order chi connectivity index (χ1) is 15.1.